The highest BCUT2D eigenvalue weighted by Gasteiger charge is 2.27. The lowest BCUT2D eigenvalue weighted by molar-refractivity contribution is 0.477. The SMILES string of the molecule is CCCC(C)c1cc2ccccc2c(C(C)CCC)c1S(=O)(=O)O. The highest BCUT2D eigenvalue weighted by Crippen LogP contribution is 2.40. The molecule has 0 radical (unpaired) electrons. The van der Waals surface area contributed by atoms with Crippen LogP contribution in [0.5, 0.6) is 0 Å². The molecule has 2 rings (SSSR count). The average molecular weight is 349 g/mol. The Hall–Kier alpha value is -1.39. The maximum Gasteiger partial charge on any atom is 0.295 e. The van der Waals surface area contributed by atoms with Crippen molar-refractivity contribution in [2.75, 3.05) is 0 Å². The molecule has 24 heavy (non-hydrogen) atoms. The molecule has 0 spiro atoms. The monoisotopic (exact) mass is 348 g/mol. The van der Waals surface area contributed by atoms with E-state index in [1.165, 1.54) is 0 Å². The van der Waals surface area contributed by atoms with Crippen molar-refractivity contribution in [1.29, 1.82) is 0 Å². The van der Waals surface area contributed by atoms with Gasteiger partial charge in [0.05, 0.1) is 0 Å². The third-order valence-corrected chi connectivity index (χ3v) is 5.77. The molecule has 2 aromatic rings. The summed E-state index contributed by atoms with van der Waals surface area (Å²) in [6.07, 6.45) is 3.72. The Morgan fingerprint density at radius 1 is 1.00 bits per heavy atom. The van der Waals surface area contributed by atoms with Crippen LogP contribution in [-0.2, 0) is 10.1 Å². The Kier molecular flexibility index (Phi) is 6.05. The van der Waals surface area contributed by atoms with Gasteiger partial charge >= 0.3 is 0 Å². The first-order valence-electron chi connectivity index (χ1n) is 8.84. The lowest BCUT2D eigenvalue weighted by Crippen LogP contribution is -2.12. The fourth-order valence-corrected chi connectivity index (χ4v) is 4.84. The molecule has 0 aliphatic rings. The molecular formula is C20H28O3S. The highest BCUT2D eigenvalue weighted by molar-refractivity contribution is 7.86. The van der Waals surface area contributed by atoms with Gasteiger partial charge in [-0.3, -0.25) is 4.55 Å². The summed E-state index contributed by atoms with van der Waals surface area (Å²) in [6.45, 7) is 8.27. The molecule has 0 fully saturated rings. The zero-order valence-corrected chi connectivity index (χ0v) is 15.9. The van der Waals surface area contributed by atoms with E-state index in [9.17, 15) is 13.0 Å². The van der Waals surface area contributed by atoms with E-state index in [-0.39, 0.29) is 16.7 Å². The predicted octanol–water partition coefficient (Wildman–Crippen LogP) is 5.89. The number of benzene rings is 2. The van der Waals surface area contributed by atoms with E-state index in [2.05, 4.69) is 13.8 Å². The summed E-state index contributed by atoms with van der Waals surface area (Å²) in [5.41, 5.74) is 1.52. The quantitative estimate of drug-likeness (QED) is 0.634. The van der Waals surface area contributed by atoms with Crippen LogP contribution < -0.4 is 0 Å². The van der Waals surface area contributed by atoms with E-state index >= 15 is 0 Å². The van der Waals surface area contributed by atoms with Crippen LogP contribution in [0.1, 0.15) is 76.3 Å². The van der Waals surface area contributed by atoms with Gasteiger partial charge in [0.2, 0.25) is 0 Å². The van der Waals surface area contributed by atoms with Crippen molar-refractivity contribution in [3.63, 3.8) is 0 Å². The molecule has 0 aromatic heterocycles. The molecule has 0 saturated heterocycles. The minimum Gasteiger partial charge on any atom is -0.282 e. The first-order valence-corrected chi connectivity index (χ1v) is 10.3. The zero-order chi connectivity index (χ0) is 17.9. The molecule has 2 aromatic carbocycles. The molecule has 0 aliphatic carbocycles. The molecule has 1 N–H and O–H groups in total. The summed E-state index contributed by atoms with van der Waals surface area (Å²) in [4.78, 5) is 0.142. The molecule has 0 saturated carbocycles. The second-order valence-corrected chi connectivity index (χ2v) is 8.14. The molecule has 0 aliphatic heterocycles. The van der Waals surface area contributed by atoms with Crippen molar-refractivity contribution < 1.29 is 13.0 Å². The first-order chi connectivity index (χ1) is 11.3. The second-order valence-electron chi connectivity index (χ2n) is 6.78. The van der Waals surface area contributed by atoms with Gasteiger partial charge in [-0.2, -0.15) is 8.42 Å². The van der Waals surface area contributed by atoms with Crippen molar-refractivity contribution in [2.24, 2.45) is 0 Å². The zero-order valence-electron chi connectivity index (χ0n) is 15.0. The molecule has 2 atom stereocenters. The maximum absolute atomic E-state index is 12.3. The van der Waals surface area contributed by atoms with Gasteiger partial charge in [0.1, 0.15) is 4.90 Å². The summed E-state index contributed by atoms with van der Waals surface area (Å²) >= 11 is 0. The third-order valence-electron chi connectivity index (χ3n) is 4.79. The highest BCUT2D eigenvalue weighted by atomic mass is 32.2. The molecule has 0 bridgehead atoms. The third kappa shape index (κ3) is 3.81. The normalized spacial score (nSPS) is 14.7. The van der Waals surface area contributed by atoms with Crippen LogP contribution in [0.3, 0.4) is 0 Å². The largest absolute Gasteiger partial charge is 0.295 e. The van der Waals surface area contributed by atoms with Crippen LogP contribution in [0.25, 0.3) is 10.8 Å². The molecule has 132 valence electrons. The lowest BCUT2D eigenvalue weighted by atomic mass is 9.86. The second kappa shape index (κ2) is 7.66. The van der Waals surface area contributed by atoms with Gasteiger partial charge in [-0.15, -0.1) is 0 Å². The Morgan fingerprint density at radius 3 is 2.17 bits per heavy atom. The van der Waals surface area contributed by atoms with Crippen LogP contribution in [-0.4, -0.2) is 13.0 Å². The fraction of sp³-hybridized carbons (Fsp3) is 0.500. The molecule has 3 nitrogen and oxygen atoms in total. The minimum absolute atomic E-state index is 0.0746. The van der Waals surface area contributed by atoms with Crippen LogP contribution >= 0.6 is 0 Å². The number of hydrogen-bond acceptors (Lipinski definition) is 2. The van der Waals surface area contributed by atoms with E-state index in [0.717, 1.165) is 47.6 Å². The van der Waals surface area contributed by atoms with Crippen LogP contribution in [0, 0.1) is 0 Å². The van der Waals surface area contributed by atoms with Gasteiger partial charge in [0.15, 0.2) is 0 Å². The van der Waals surface area contributed by atoms with Gasteiger partial charge in [-0.05, 0) is 52.6 Å². The van der Waals surface area contributed by atoms with E-state index < -0.39 is 10.1 Å². The summed E-state index contributed by atoms with van der Waals surface area (Å²) in [7, 11) is -4.28. The van der Waals surface area contributed by atoms with Gasteiger partial charge in [0, 0.05) is 0 Å². The predicted molar refractivity (Wildman–Crippen MR) is 100 cm³/mol. The molecular weight excluding hydrogens is 320 g/mol. The first kappa shape index (κ1) is 18.9. The maximum atomic E-state index is 12.3. The molecule has 0 amide bonds. The van der Waals surface area contributed by atoms with Crippen molar-refractivity contribution in [1.82, 2.24) is 0 Å². The van der Waals surface area contributed by atoms with Gasteiger partial charge < -0.3 is 0 Å². The Labute approximate surface area is 145 Å². The summed E-state index contributed by atoms with van der Waals surface area (Å²) in [5.74, 6) is 0.162. The van der Waals surface area contributed by atoms with Crippen molar-refractivity contribution in [3.05, 3.63) is 41.5 Å². The molecule has 0 heterocycles. The number of hydrogen-bond donors (Lipinski definition) is 1. The van der Waals surface area contributed by atoms with Crippen molar-refractivity contribution in [3.8, 4) is 0 Å². The van der Waals surface area contributed by atoms with Crippen LogP contribution in [0.4, 0.5) is 0 Å². The topological polar surface area (TPSA) is 54.4 Å². The molecule has 2 unspecified atom stereocenters. The Morgan fingerprint density at radius 2 is 1.58 bits per heavy atom. The van der Waals surface area contributed by atoms with E-state index in [1.807, 2.05) is 44.2 Å². The van der Waals surface area contributed by atoms with Gasteiger partial charge in [-0.25, -0.2) is 0 Å². The summed E-state index contributed by atoms with van der Waals surface area (Å²) in [6, 6.07) is 9.82. The number of rotatable bonds is 7. The molecule has 4 heteroatoms. The Bertz CT molecular complexity index is 809. The summed E-state index contributed by atoms with van der Waals surface area (Å²) < 4.78 is 34.6. The summed E-state index contributed by atoms with van der Waals surface area (Å²) in [5, 5.41) is 1.97. The van der Waals surface area contributed by atoms with Crippen molar-refractivity contribution in [2.45, 2.75) is 70.1 Å². The Balaban J connectivity index is 2.90. The van der Waals surface area contributed by atoms with E-state index in [4.69, 9.17) is 0 Å². The average Bonchev–Trinajstić information content (AvgIpc) is 2.52. The van der Waals surface area contributed by atoms with E-state index in [0.29, 0.717) is 0 Å². The minimum atomic E-state index is -4.28. The lowest BCUT2D eigenvalue weighted by Gasteiger charge is -2.23. The standard InChI is InChI=1S/C20H28O3S/c1-5-9-14(3)18-13-16-11-7-8-12-17(16)19(15(4)10-6-2)20(18)24(21,22)23/h7-8,11-15H,5-6,9-10H2,1-4H3,(H,21,22,23). The number of fused-ring (bicyclic) bond motifs is 1. The van der Waals surface area contributed by atoms with Gasteiger partial charge in [-0.1, -0.05) is 64.8 Å². The van der Waals surface area contributed by atoms with Crippen LogP contribution in [0.15, 0.2) is 35.2 Å². The van der Waals surface area contributed by atoms with Crippen LogP contribution in [0.2, 0.25) is 0 Å². The van der Waals surface area contributed by atoms with E-state index in [1.54, 1.807) is 0 Å². The smallest absolute Gasteiger partial charge is 0.282 e. The van der Waals surface area contributed by atoms with Crippen molar-refractivity contribution >= 4 is 20.9 Å². The fourth-order valence-electron chi connectivity index (χ4n) is 3.69. The van der Waals surface area contributed by atoms with Gasteiger partial charge in [0.25, 0.3) is 10.1 Å².